The van der Waals surface area contributed by atoms with Crippen molar-refractivity contribution >= 4 is 0 Å². The highest BCUT2D eigenvalue weighted by atomic mass is 19.1. The van der Waals surface area contributed by atoms with E-state index in [4.69, 9.17) is 4.74 Å². The van der Waals surface area contributed by atoms with Gasteiger partial charge in [0.15, 0.2) is 0 Å². The molecule has 1 aliphatic rings. The maximum absolute atomic E-state index is 13.2. The number of benzene rings is 1. The summed E-state index contributed by atoms with van der Waals surface area (Å²) >= 11 is 0. The van der Waals surface area contributed by atoms with Gasteiger partial charge in [-0.15, -0.1) is 0 Å². The number of piperidine rings is 1. The van der Waals surface area contributed by atoms with Gasteiger partial charge in [-0.2, -0.15) is 0 Å². The lowest BCUT2D eigenvalue weighted by Gasteiger charge is -2.32. The molecule has 1 atom stereocenters. The molecule has 1 heterocycles. The minimum absolute atomic E-state index is 0.264. The normalized spacial score (nSPS) is 23.9. The van der Waals surface area contributed by atoms with Crippen molar-refractivity contribution in [1.82, 2.24) is 5.32 Å². The third-order valence-electron chi connectivity index (χ3n) is 3.55. The average Bonchev–Trinajstić information content (AvgIpc) is 2.38. The standard InChI is InChI=1S/C14H20FNO2/c1-18-13-4-3-12(15)9-11(13)5-7-14(17)6-2-8-16-10-14/h3-4,9,16-17H,2,5-8,10H2,1H3. The van der Waals surface area contributed by atoms with Crippen LogP contribution in [-0.2, 0) is 6.42 Å². The predicted octanol–water partition coefficient (Wildman–Crippen LogP) is 1.88. The summed E-state index contributed by atoms with van der Waals surface area (Å²) in [6.45, 7) is 1.58. The Labute approximate surface area is 107 Å². The van der Waals surface area contributed by atoms with Gasteiger partial charge in [-0.25, -0.2) is 4.39 Å². The Bertz CT molecular complexity index is 403. The van der Waals surface area contributed by atoms with Crippen LogP contribution in [0.4, 0.5) is 4.39 Å². The number of halogens is 1. The van der Waals surface area contributed by atoms with E-state index in [1.807, 2.05) is 0 Å². The van der Waals surface area contributed by atoms with Crippen molar-refractivity contribution in [1.29, 1.82) is 0 Å². The molecule has 1 aliphatic heterocycles. The molecule has 1 aromatic carbocycles. The van der Waals surface area contributed by atoms with Gasteiger partial charge in [-0.05, 0) is 56.0 Å². The monoisotopic (exact) mass is 253 g/mol. The Balaban J connectivity index is 2.02. The van der Waals surface area contributed by atoms with Crippen LogP contribution < -0.4 is 10.1 Å². The van der Waals surface area contributed by atoms with Gasteiger partial charge in [0, 0.05) is 6.54 Å². The van der Waals surface area contributed by atoms with Gasteiger partial charge in [0.25, 0.3) is 0 Å². The lowest BCUT2D eigenvalue weighted by Crippen LogP contribution is -2.45. The highest BCUT2D eigenvalue weighted by Gasteiger charge is 2.28. The van der Waals surface area contributed by atoms with Gasteiger partial charge in [-0.3, -0.25) is 0 Å². The van der Waals surface area contributed by atoms with E-state index in [1.54, 1.807) is 13.2 Å². The fourth-order valence-electron chi connectivity index (χ4n) is 2.48. The molecule has 18 heavy (non-hydrogen) atoms. The van der Waals surface area contributed by atoms with Gasteiger partial charge >= 0.3 is 0 Å². The van der Waals surface area contributed by atoms with Crippen LogP contribution in [0.2, 0.25) is 0 Å². The summed E-state index contributed by atoms with van der Waals surface area (Å²) in [7, 11) is 1.58. The molecule has 1 saturated heterocycles. The molecule has 0 bridgehead atoms. The van der Waals surface area contributed by atoms with Crippen LogP contribution in [-0.4, -0.2) is 30.9 Å². The summed E-state index contributed by atoms with van der Waals surface area (Å²) < 4.78 is 18.4. The molecule has 0 spiro atoms. The van der Waals surface area contributed by atoms with Crippen LogP contribution in [0.3, 0.4) is 0 Å². The smallest absolute Gasteiger partial charge is 0.123 e. The Morgan fingerprint density at radius 3 is 3.00 bits per heavy atom. The number of hydrogen-bond acceptors (Lipinski definition) is 3. The zero-order valence-electron chi connectivity index (χ0n) is 10.7. The van der Waals surface area contributed by atoms with E-state index in [0.717, 1.165) is 24.9 Å². The number of hydrogen-bond donors (Lipinski definition) is 2. The molecule has 4 heteroatoms. The molecule has 0 radical (unpaired) electrons. The van der Waals surface area contributed by atoms with Crippen molar-refractivity contribution in [2.24, 2.45) is 0 Å². The number of β-amino-alcohol motifs (C(OH)–C–C–N with tert-alkyl or cyclic N) is 1. The van der Waals surface area contributed by atoms with E-state index >= 15 is 0 Å². The topological polar surface area (TPSA) is 41.5 Å². The fourth-order valence-corrected chi connectivity index (χ4v) is 2.48. The van der Waals surface area contributed by atoms with E-state index < -0.39 is 5.60 Å². The third-order valence-corrected chi connectivity index (χ3v) is 3.55. The highest BCUT2D eigenvalue weighted by molar-refractivity contribution is 5.34. The maximum Gasteiger partial charge on any atom is 0.123 e. The van der Waals surface area contributed by atoms with Crippen molar-refractivity contribution in [3.8, 4) is 5.75 Å². The molecule has 0 aliphatic carbocycles. The number of ether oxygens (including phenoxy) is 1. The first-order valence-electron chi connectivity index (χ1n) is 6.38. The molecule has 1 unspecified atom stereocenters. The number of rotatable bonds is 4. The van der Waals surface area contributed by atoms with Crippen LogP contribution >= 0.6 is 0 Å². The van der Waals surface area contributed by atoms with Gasteiger partial charge < -0.3 is 15.2 Å². The number of methoxy groups -OCH3 is 1. The van der Waals surface area contributed by atoms with Gasteiger partial charge in [0.2, 0.25) is 0 Å². The molecule has 100 valence electrons. The van der Waals surface area contributed by atoms with E-state index in [1.165, 1.54) is 12.1 Å². The van der Waals surface area contributed by atoms with E-state index in [0.29, 0.717) is 25.1 Å². The molecule has 0 saturated carbocycles. The Morgan fingerprint density at radius 2 is 2.33 bits per heavy atom. The highest BCUT2D eigenvalue weighted by Crippen LogP contribution is 2.26. The van der Waals surface area contributed by atoms with Crippen molar-refractivity contribution in [3.63, 3.8) is 0 Å². The Morgan fingerprint density at radius 1 is 1.50 bits per heavy atom. The lowest BCUT2D eigenvalue weighted by atomic mass is 9.88. The quantitative estimate of drug-likeness (QED) is 0.861. The Hall–Kier alpha value is -1.13. The third kappa shape index (κ3) is 3.21. The largest absolute Gasteiger partial charge is 0.496 e. The molecule has 2 rings (SSSR count). The summed E-state index contributed by atoms with van der Waals surface area (Å²) in [6.07, 6.45) is 3.04. The predicted molar refractivity (Wildman–Crippen MR) is 68.3 cm³/mol. The van der Waals surface area contributed by atoms with Crippen molar-refractivity contribution in [3.05, 3.63) is 29.6 Å². The molecule has 2 N–H and O–H groups in total. The number of nitrogens with one attached hydrogen (secondary N) is 1. The summed E-state index contributed by atoms with van der Waals surface area (Å²) in [5.74, 6) is 0.420. The second-order valence-electron chi connectivity index (χ2n) is 4.96. The summed E-state index contributed by atoms with van der Waals surface area (Å²) in [5, 5.41) is 13.6. The van der Waals surface area contributed by atoms with E-state index in [2.05, 4.69) is 5.32 Å². The van der Waals surface area contributed by atoms with Crippen LogP contribution in [0.1, 0.15) is 24.8 Å². The lowest BCUT2D eigenvalue weighted by molar-refractivity contribution is 0.00877. The van der Waals surface area contributed by atoms with Crippen LogP contribution in [0.5, 0.6) is 5.75 Å². The summed E-state index contributed by atoms with van der Waals surface area (Å²) in [6, 6.07) is 4.51. The van der Waals surface area contributed by atoms with Crippen molar-refractivity contribution in [2.75, 3.05) is 20.2 Å². The second-order valence-corrected chi connectivity index (χ2v) is 4.96. The van der Waals surface area contributed by atoms with Crippen LogP contribution in [0.15, 0.2) is 18.2 Å². The second kappa shape index (κ2) is 5.67. The first-order valence-corrected chi connectivity index (χ1v) is 6.38. The van der Waals surface area contributed by atoms with Crippen molar-refractivity contribution < 1.29 is 14.2 Å². The molecule has 1 aromatic rings. The fraction of sp³-hybridized carbons (Fsp3) is 0.571. The van der Waals surface area contributed by atoms with Crippen molar-refractivity contribution in [2.45, 2.75) is 31.3 Å². The first-order chi connectivity index (χ1) is 8.63. The molecule has 3 nitrogen and oxygen atoms in total. The minimum atomic E-state index is -0.671. The first kappa shape index (κ1) is 13.3. The average molecular weight is 253 g/mol. The molecule has 0 amide bonds. The maximum atomic E-state index is 13.2. The SMILES string of the molecule is COc1ccc(F)cc1CCC1(O)CCCNC1. The van der Waals surface area contributed by atoms with Crippen LogP contribution in [0, 0.1) is 5.82 Å². The van der Waals surface area contributed by atoms with E-state index in [-0.39, 0.29) is 5.82 Å². The summed E-state index contributed by atoms with van der Waals surface area (Å²) in [4.78, 5) is 0. The summed E-state index contributed by atoms with van der Waals surface area (Å²) in [5.41, 5.74) is 0.145. The van der Waals surface area contributed by atoms with Crippen LogP contribution in [0.25, 0.3) is 0 Å². The zero-order valence-corrected chi connectivity index (χ0v) is 10.7. The molecular weight excluding hydrogens is 233 g/mol. The van der Waals surface area contributed by atoms with Gasteiger partial charge in [-0.1, -0.05) is 0 Å². The number of aryl methyl sites for hydroxylation is 1. The minimum Gasteiger partial charge on any atom is -0.496 e. The van der Waals surface area contributed by atoms with E-state index in [9.17, 15) is 9.50 Å². The Kier molecular flexibility index (Phi) is 4.19. The molecule has 0 aromatic heterocycles. The van der Waals surface area contributed by atoms with Gasteiger partial charge in [0.05, 0.1) is 12.7 Å². The molecular formula is C14H20FNO2. The zero-order chi connectivity index (χ0) is 13.0. The van der Waals surface area contributed by atoms with Gasteiger partial charge in [0.1, 0.15) is 11.6 Å². The molecule has 1 fully saturated rings. The number of aliphatic hydroxyl groups is 1.